The van der Waals surface area contributed by atoms with Crippen molar-refractivity contribution < 1.29 is 4.79 Å². The second-order valence-electron chi connectivity index (χ2n) is 5.00. The van der Waals surface area contributed by atoms with Crippen molar-refractivity contribution in [1.82, 2.24) is 9.88 Å². The van der Waals surface area contributed by atoms with Gasteiger partial charge in [-0.25, -0.2) is 0 Å². The number of carbonyl (C=O) groups excluding carboxylic acids is 1. The number of halogens is 1. The van der Waals surface area contributed by atoms with E-state index in [1.807, 2.05) is 55.8 Å². The minimum absolute atomic E-state index is 0.125. The average molecular weight is 291 g/mol. The zero-order chi connectivity index (χ0) is 14.7. The van der Waals surface area contributed by atoms with Crippen LogP contribution >= 0.6 is 11.6 Å². The Labute approximate surface area is 124 Å². The lowest BCUT2D eigenvalue weighted by molar-refractivity contribution is 0.0990. The molecule has 0 saturated carbocycles. The molecular weight excluding hydrogens is 272 g/mol. The first-order chi connectivity index (χ1) is 9.49. The molecule has 106 valence electrons. The number of rotatable bonds is 5. The fourth-order valence-corrected chi connectivity index (χ4v) is 2.28. The molecule has 4 heteroatoms. The van der Waals surface area contributed by atoms with Crippen LogP contribution in [0, 0.1) is 13.8 Å². The molecule has 0 amide bonds. The fraction of sp³-hybridized carbons (Fsp3) is 0.312. The van der Waals surface area contributed by atoms with Gasteiger partial charge in [0.25, 0.3) is 0 Å². The highest BCUT2D eigenvalue weighted by atomic mass is 35.5. The highest BCUT2D eigenvalue weighted by Gasteiger charge is 2.13. The smallest absolute Gasteiger partial charge is 0.178 e. The van der Waals surface area contributed by atoms with E-state index in [0.29, 0.717) is 13.1 Å². The molecule has 3 nitrogen and oxygen atoms in total. The lowest BCUT2D eigenvalue weighted by Crippen LogP contribution is -2.23. The third-order valence-corrected chi connectivity index (χ3v) is 3.86. The zero-order valence-corrected chi connectivity index (χ0v) is 12.8. The van der Waals surface area contributed by atoms with E-state index < -0.39 is 0 Å². The Kier molecular flexibility index (Phi) is 4.63. The second-order valence-corrected chi connectivity index (χ2v) is 5.43. The number of ketones is 1. The van der Waals surface area contributed by atoms with E-state index in [9.17, 15) is 4.79 Å². The summed E-state index contributed by atoms with van der Waals surface area (Å²) in [6.07, 6.45) is 0. The van der Waals surface area contributed by atoms with Crippen molar-refractivity contribution in [2.75, 3.05) is 6.54 Å². The molecule has 0 atom stereocenters. The number of carbonyl (C=O) groups is 1. The number of hydrogen-bond donors (Lipinski definition) is 1. The van der Waals surface area contributed by atoms with Gasteiger partial charge in [-0.1, -0.05) is 23.7 Å². The summed E-state index contributed by atoms with van der Waals surface area (Å²) in [4.78, 5) is 12.2. The van der Waals surface area contributed by atoms with Gasteiger partial charge in [-0.2, -0.15) is 0 Å². The van der Waals surface area contributed by atoms with E-state index in [1.165, 1.54) is 0 Å². The van der Waals surface area contributed by atoms with Crippen LogP contribution in [0.3, 0.4) is 0 Å². The third kappa shape index (κ3) is 3.30. The van der Waals surface area contributed by atoms with Gasteiger partial charge < -0.3 is 9.88 Å². The van der Waals surface area contributed by atoms with Crippen LogP contribution in [0.15, 0.2) is 30.3 Å². The minimum Gasteiger partial charge on any atom is -0.351 e. The minimum atomic E-state index is 0.125. The van der Waals surface area contributed by atoms with Crippen LogP contribution in [0.2, 0.25) is 5.02 Å². The van der Waals surface area contributed by atoms with Gasteiger partial charge >= 0.3 is 0 Å². The molecule has 0 aliphatic heterocycles. The van der Waals surface area contributed by atoms with Gasteiger partial charge in [-0.15, -0.1) is 0 Å². The molecule has 0 radical (unpaired) electrons. The summed E-state index contributed by atoms with van der Waals surface area (Å²) in [6.45, 7) is 4.98. The van der Waals surface area contributed by atoms with Gasteiger partial charge in [0.2, 0.25) is 0 Å². The number of aromatic nitrogens is 1. The quantitative estimate of drug-likeness (QED) is 0.858. The zero-order valence-electron chi connectivity index (χ0n) is 12.0. The summed E-state index contributed by atoms with van der Waals surface area (Å²) in [5.41, 5.74) is 4.03. The van der Waals surface area contributed by atoms with Gasteiger partial charge in [0.15, 0.2) is 5.78 Å². The maximum absolute atomic E-state index is 12.2. The van der Waals surface area contributed by atoms with Crippen molar-refractivity contribution in [1.29, 1.82) is 0 Å². The lowest BCUT2D eigenvalue weighted by Gasteiger charge is -2.05. The van der Waals surface area contributed by atoms with Gasteiger partial charge in [-0.05, 0) is 37.6 Å². The monoisotopic (exact) mass is 290 g/mol. The molecule has 1 heterocycles. The van der Waals surface area contributed by atoms with Crippen molar-refractivity contribution in [3.63, 3.8) is 0 Å². The summed E-state index contributed by atoms with van der Waals surface area (Å²) in [7, 11) is 1.97. The molecule has 0 spiro atoms. The Morgan fingerprint density at radius 2 is 1.90 bits per heavy atom. The van der Waals surface area contributed by atoms with E-state index in [2.05, 4.69) is 5.32 Å². The number of hydrogen-bond acceptors (Lipinski definition) is 2. The highest BCUT2D eigenvalue weighted by molar-refractivity contribution is 6.30. The predicted octanol–water partition coefficient (Wildman–Crippen LogP) is 3.27. The third-order valence-electron chi connectivity index (χ3n) is 3.60. The first-order valence-corrected chi connectivity index (χ1v) is 6.98. The van der Waals surface area contributed by atoms with Crippen LogP contribution in [0.5, 0.6) is 0 Å². The maximum atomic E-state index is 12.2. The molecule has 2 rings (SSSR count). The molecule has 0 unspecified atom stereocenters. The van der Waals surface area contributed by atoms with E-state index in [0.717, 1.165) is 27.5 Å². The largest absolute Gasteiger partial charge is 0.351 e. The van der Waals surface area contributed by atoms with E-state index in [4.69, 9.17) is 11.6 Å². The van der Waals surface area contributed by atoms with Crippen LogP contribution in [0.4, 0.5) is 0 Å². The predicted molar refractivity (Wildman–Crippen MR) is 82.4 cm³/mol. The van der Waals surface area contributed by atoms with Crippen LogP contribution in [-0.2, 0) is 13.6 Å². The Bertz CT molecular complexity index is 614. The van der Waals surface area contributed by atoms with Crippen LogP contribution < -0.4 is 5.32 Å². The molecular formula is C16H19ClN2O. The Morgan fingerprint density at radius 1 is 1.25 bits per heavy atom. The molecule has 0 saturated heterocycles. The molecule has 1 N–H and O–H groups in total. The van der Waals surface area contributed by atoms with Crippen molar-refractivity contribution in [3.05, 3.63) is 57.9 Å². The van der Waals surface area contributed by atoms with Crippen molar-refractivity contribution >= 4 is 17.4 Å². The molecule has 0 aliphatic carbocycles. The van der Waals surface area contributed by atoms with E-state index in [1.54, 1.807) is 0 Å². The molecule has 20 heavy (non-hydrogen) atoms. The number of nitrogens with one attached hydrogen (secondary N) is 1. The van der Waals surface area contributed by atoms with E-state index in [-0.39, 0.29) is 5.78 Å². The lowest BCUT2D eigenvalue weighted by atomic mass is 10.1. The summed E-state index contributed by atoms with van der Waals surface area (Å²) in [5.74, 6) is 0.125. The SMILES string of the molecule is Cc1cc(C(=O)CNCc2ccc(Cl)cc2)c(C)n1C. The molecule has 0 bridgehead atoms. The van der Waals surface area contributed by atoms with Crippen molar-refractivity contribution in [2.45, 2.75) is 20.4 Å². The fourth-order valence-electron chi connectivity index (χ4n) is 2.16. The molecule has 0 aliphatic rings. The molecule has 1 aromatic heterocycles. The van der Waals surface area contributed by atoms with Crippen molar-refractivity contribution in [3.8, 4) is 0 Å². The topological polar surface area (TPSA) is 34.0 Å². The number of aryl methyl sites for hydroxylation is 1. The van der Waals surface area contributed by atoms with Gasteiger partial charge in [0.05, 0.1) is 6.54 Å². The summed E-state index contributed by atoms with van der Waals surface area (Å²) >= 11 is 5.83. The number of Topliss-reactive ketones (excluding diaryl/α,β-unsaturated/α-hetero) is 1. The first-order valence-electron chi connectivity index (χ1n) is 6.60. The van der Waals surface area contributed by atoms with Gasteiger partial charge in [0.1, 0.15) is 0 Å². The Hall–Kier alpha value is -1.58. The number of benzene rings is 1. The van der Waals surface area contributed by atoms with Crippen LogP contribution in [-0.4, -0.2) is 16.9 Å². The first kappa shape index (κ1) is 14.8. The summed E-state index contributed by atoms with van der Waals surface area (Å²) in [5, 5.41) is 3.90. The summed E-state index contributed by atoms with van der Waals surface area (Å²) in [6, 6.07) is 9.56. The molecule has 0 fully saturated rings. The normalized spacial score (nSPS) is 10.8. The van der Waals surface area contributed by atoms with Crippen LogP contribution in [0.1, 0.15) is 27.3 Å². The van der Waals surface area contributed by atoms with Crippen molar-refractivity contribution in [2.24, 2.45) is 7.05 Å². The van der Waals surface area contributed by atoms with Gasteiger partial charge in [0, 0.05) is 35.6 Å². The van der Waals surface area contributed by atoms with Gasteiger partial charge in [-0.3, -0.25) is 4.79 Å². The van der Waals surface area contributed by atoms with E-state index >= 15 is 0 Å². The highest BCUT2D eigenvalue weighted by Crippen LogP contribution is 2.13. The summed E-state index contributed by atoms with van der Waals surface area (Å²) < 4.78 is 2.03. The standard InChI is InChI=1S/C16H19ClN2O/c1-11-8-15(12(2)19(11)3)16(20)10-18-9-13-4-6-14(17)7-5-13/h4-8,18H,9-10H2,1-3H3. The number of nitrogens with zero attached hydrogens (tertiary/aromatic N) is 1. The molecule has 1 aromatic carbocycles. The van der Waals surface area contributed by atoms with Crippen LogP contribution in [0.25, 0.3) is 0 Å². The maximum Gasteiger partial charge on any atom is 0.178 e. The Balaban J connectivity index is 1.92. The average Bonchev–Trinajstić information content (AvgIpc) is 2.69. The molecule has 2 aromatic rings. The Morgan fingerprint density at radius 3 is 2.45 bits per heavy atom. The second kappa shape index (κ2) is 6.25.